The van der Waals surface area contributed by atoms with E-state index in [2.05, 4.69) is 49.9 Å². The van der Waals surface area contributed by atoms with Crippen LogP contribution in [0.25, 0.3) is 32.2 Å². The number of H-pyrrole nitrogens is 3. The van der Waals surface area contributed by atoms with Crippen molar-refractivity contribution in [2.24, 2.45) is 0 Å². The minimum atomic E-state index is -0.203. The normalized spacial score (nSPS) is 12.2. The summed E-state index contributed by atoms with van der Waals surface area (Å²) in [6, 6.07) is 14.1. The quantitative estimate of drug-likeness (QED) is 0.138. The molecule has 0 saturated carbocycles. The molecule has 208 valence electrons. The van der Waals surface area contributed by atoms with Crippen molar-refractivity contribution < 1.29 is 19.3 Å². The van der Waals surface area contributed by atoms with E-state index in [1.54, 1.807) is 18.4 Å². The number of aromatic amines is 3. The number of hydrogen-bond acceptors (Lipinski definition) is 4. The van der Waals surface area contributed by atoms with Crippen molar-refractivity contribution >= 4 is 44.0 Å². The smallest absolute Gasteiger partial charge is 0.275 e. The molecule has 0 fully saturated rings. The van der Waals surface area contributed by atoms with Crippen molar-refractivity contribution in [3.8, 4) is 17.0 Å². The number of unbranched alkanes of at least 4 members (excludes halogenated alkanes) is 2. The summed E-state index contributed by atoms with van der Waals surface area (Å²) < 4.78 is 6.65. The van der Waals surface area contributed by atoms with Crippen LogP contribution in [0.5, 0.6) is 5.75 Å². The number of aromatic nitrogens is 3. The fraction of sp³-hybridized carbons (Fsp3) is 0.344. The van der Waals surface area contributed by atoms with Gasteiger partial charge in [-0.05, 0) is 66.4 Å². The lowest BCUT2D eigenvalue weighted by Gasteiger charge is -2.14. The second-order valence-electron chi connectivity index (χ2n) is 10.3. The number of nitrogens with one attached hydrogen (secondary N) is 4. The number of rotatable bonds is 13. The van der Waals surface area contributed by atoms with Crippen LogP contribution in [-0.4, -0.2) is 28.8 Å². The summed E-state index contributed by atoms with van der Waals surface area (Å²) in [6.45, 7) is 3.91. The van der Waals surface area contributed by atoms with Crippen LogP contribution in [0.2, 0.25) is 0 Å². The van der Waals surface area contributed by atoms with Gasteiger partial charge in [0.2, 0.25) is 5.91 Å². The Morgan fingerprint density at radius 2 is 1.98 bits per heavy atom. The highest BCUT2D eigenvalue weighted by Gasteiger charge is 2.25. The van der Waals surface area contributed by atoms with E-state index < -0.39 is 0 Å². The number of fused-ring (bicyclic) bond motifs is 2. The molecule has 1 atom stereocenters. The molecule has 7 nitrogen and oxygen atoms in total. The van der Waals surface area contributed by atoms with Crippen LogP contribution in [0.4, 0.5) is 0 Å². The molecule has 0 bridgehead atoms. The molecule has 40 heavy (non-hydrogen) atoms. The van der Waals surface area contributed by atoms with Gasteiger partial charge in [-0.3, -0.25) is 9.59 Å². The third-order valence-corrected chi connectivity index (χ3v) is 8.56. The summed E-state index contributed by atoms with van der Waals surface area (Å²) in [5.74, 6) is 1.91. The first-order valence-electron chi connectivity index (χ1n) is 14.0. The predicted molar refractivity (Wildman–Crippen MR) is 161 cm³/mol. The Morgan fingerprint density at radius 3 is 2.80 bits per heavy atom. The number of ketones is 1. The van der Waals surface area contributed by atoms with E-state index in [4.69, 9.17) is 4.74 Å². The molecular formula is C32H37N4O3S+. The molecule has 1 unspecified atom stereocenters. The maximum Gasteiger partial charge on any atom is 0.275 e. The number of amides is 1. The van der Waals surface area contributed by atoms with Crippen LogP contribution >= 0.6 is 11.3 Å². The number of imidazole rings is 1. The molecule has 4 N–H and O–H groups in total. The van der Waals surface area contributed by atoms with Gasteiger partial charge in [0, 0.05) is 39.7 Å². The number of methoxy groups -OCH3 is 1. The van der Waals surface area contributed by atoms with Gasteiger partial charge in [-0.25, -0.2) is 9.97 Å². The second-order valence-corrected chi connectivity index (χ2v) is 11.2. The van der Waals surface area contributed by atoms with Crippen molar-refractivity contribution in [3.63, 3.8) is 0 Å². The van der Waals surface area contributed by atoms with Crippen LogP contribution < -0.4 is 15.0 Å². The van der Waals surface area contributed by atoms with E-state index >= 15 is 0 Å². The second kappa shape index (κ2) is 12.5. The fourth-order valence-corrected chi connectivity index (χ4v) is 6.27. The molecule has 0 radical (unpaired) electrons. The molecule has 0 aliphatic heterocycles. The molecule has 0 spiro atoms. The largest absolute Gasteiger partial charge is 0.497 e. The van der Waals surface area contributed by atoms with Crippen molar-refractivity contribution in [1.82, 2.24) is 15.3 Å². The summed E-state index contributed by atoms with van der Waals surface area (Å²) in [7, 11) is 1.65. The van der Waals surface area contributed by atoms with Crippen molar-refractivity contribution in [3.05, 3.63) is 71.1 Å². The number of aryl methyl sites for hydroxylation is 1. The third kappa shape index (κ3) is 6.12. The van der Waals surface area contributed by atoms with Gasteiger partial charge in [0.15, 0.2) is 5.69 Å². The third-order valence-electron chi connectivity index (χ3n) is 7.60. The van der Waals surface area contributed by atoms with Gasteiger partial charge < -0.3 is 15.0 Å². The maximum atomic E-state index is 13.5. The van der Waals surface area contributed by atoms with Gasteiger partial charge in [-0.15, -0.1) is 11.3 Å². The first-order valence-corrected chi connectivity index (χ1v) is 14.9. The summed E-state index contributed by atoms with van der Waals surface area (Å²) in [5.41, 5.74) is 5.08. The summed E-state index contributed by atoms with van der Waals surface area (Å²) in [6.07, 6.45) is 6.97. The highest BCUT2D eigenvalue weighted by molar-refractivity contribution is 7.17. The first-order chi connectivity index (χ1) is 19.5. The number of ether oxygens (including phenoxy) is 1. The van der Waals surface area contributed by atoms with Gasteiger partial charge in [0.25, 0.3) is 5.82 Å². The molecule has 5 rings (SSSR count). The van der Waals surface area contributed by atoms with E-state index in [9.17, 15) is 9.59 Å². The number of Topliss-reactive ketones (excluding diaryl/α,β-unsaturated/α-hetero) is 1. The fourth-order valence-electron chi connectivity index (χ4n) is 5.34. The molecule has 5 aromatic rings. The summed E-state index contributed by atoms with van der Waals surface area (Å²) in [5, 5.41) is 7.62. The molecule has 2 aromatic carbocycles. The lowest BCUT2D eigenvalue weighted by Crippen LogP contribution is -2.33. The first kappa shape index (κ1) is 27.6. The van der Waals surface area contributed by atoms with E-state index in [1.807, 2.05) is 38.2 Å². The van der Waals surface area contributed by atoms with Gasteiger partial charge in [0.1, 0.15) is 23.8 Å². The molecule has 1 amide bonds. The Bertz CT molecular complexity index is 1630. The van der Waals surface area contributed by atoms with Crippen LogP contribution in [0, 0.1) is 6.92 Å². The van der Waals surface area contributed by atoms with Crippen molar-refractivity contribution in [2.45, 2.75) is 64.8 Å². The van der Waals surface area contributed by atoms with Gasteiger partial charge in [-0.1, -0.05) is 31.9 Å². The van der Waals surface area contributed by atoms with Crippen LogP contribution in [0.15, 0.2) is 54.0 Å². The minimum Gasteiger partial charge on any atom is -0.497 e. The van der Waals surface area contributed by atoms with E-state index in [-0.39, 0.29) is 18.4 Å². The van der Waals surface area contributed by atoms with Crippen LogP contribution in [-0.2, 0) is 16.0 Å². The van der Waals surface area contributed by atoms with Gasteiger partial charge >= 0.3 is 0 Å². The molecule has 0 aliphatic rings. The Balaban J connectivity index is 1.35. The van der Waals surface area contributed by atoms with Gasteiger partial charge in [0.05, 0.1) is 13.5 Å². The lowest BCUT2D eigenvalue weighted by atomic mass is 10.0. The number of benzene rings is 2. The average Bonchev–Trinajstić information content (AvgIpc) is 3.71. The Labute approximate surface area is 238 Å². The Hall–Kier alpha value is -3.91. The van der Waals surface area contributed by atoms with E-state index in [0.717, 1.165) is 70.7 Å². The van der Waals surface area contributed by atoms with Crippen molar-refractivity contribution in [1.29, 1.82) is 0 Å². The lowest BCUT2D eigenvalue weighted by molar-refractivity contribution is -0.391. The Morgan fingerprint density at radius 1 is 1.10 bits per heavy atom. The predicted octanol–water partition coefficient (Wildman–Crippen LogP) is 6.84. The molecule has 0 saturated heterocycles. The molecular weight excluding hydrogens is 520 g/mol. The minimum absolute atomic E-state index is 0.0390. The maximum absolute atomic E-state index is 13.5. The molecule has 3 aromatic heterocycles. The molecule has 3 heterocycles. The highest BCUT2D eigenvalue weighted by Crippen LogP contribution is 2.32. The van der Waals surface area contributed by atoms with Gasteiger partial charge in [-0.2, -0.15) is 0 Å². The number of carbonyl (C=O) groups excluding carboxylic acids is 2. The standard InChI is InChI=1S/C32H36N4O3S/c1-4-22(37)10-6-5-7-12-28(32-33-19-29(36-32)24-11-8-9-21-15-16-40-31(21)24)35-30(38)18-25-20(2)34-27-14-13-23(39-3)17-26(25)27/h8-9,11,13-17,19,28,34H,4-7,10,12,18H2,1-3H3,(H,33,36)(H,35,38)/p+1. The van der Waals surface area contributed by atoms with Crippen LogP contribution in [0.3, 0.4) is 0 Å². The zero-order valence-electron chi connectivity index (χ0n) is 23.4. The van der Waals surface area contributed by atoms with Crippen molar-refractivity contribution in [2.75, 3.05) is 7.11 Å². The molecule has 8 heteroatoms. The Kier molecular flexibility index (Phi) is 8.65. The summed E-state index contributed by atoms with van der Waals surface area (Å²) >= 11 is 1.72. The highest BCUT2D eigenvalue weighted by atomic mass is 32.1. The SMILES string of the molecule is CCC(=O)CCCCCC(NC(=O)Cc1c(C)[nH]c2ccc(OC)cc12)c1[nH]c(-c2cccc3ccsc23)c[nH+]1. The van der Waals surface area contributed by atoms with E-state index in [0.29, 0.717) is 18.6 Å². The van der Waals surface area contributed by atoms with E-state index in [1.165, 1.54) is 10.1 Å². The zero-order valence-corrected chi connectivity index (χ0v) is 24.2. The zero-order chi connectivity index (χ0) is 28.1. The number of hydrogen-bond donors (Lipinski definition) is 3. The van der Waals surface area contributed by atoms with Crippen LogP contribution in [0.1, 0.15) is 68.6 Å². The number of thiophene rings is 1. The summed E-state index contributed by atoms with van der Waals surface area (Å²) in [4.78, 5) is 35.5. The topological polar surface area (TPSA) is 101 Å². The molecule has 0 aliphatic carbocycles. The monoisotopic (exact) mass is 557 g/mol. The average molecular weight is 558 g/mol. The number of carbonyl (C=O) groups is 2.